The van der Waals surface area contributed by atoms with Crippen molar-refractivity contribution < 1.29 is 27.1 Å². The van der Waals surface area contributed by atoms with Crippen LogP contribution in [0.5, 0.6) is 5.75 Å². The molecule has 11 heteroatoms. The van der Waals surface area contributed by atoms with Gasteiger partial charge in [-0.1, -0.05) is 54.1 Å². The molecular weight excluding hydrogens is 536 g/mol. The minimum atomic E-state index is -4.69. The van der Waals surface area contributed by atoms with Crippen molar-refractivity contribution in [2.45, 2.75) is 30.9 Å². The van der Waals surface area contributed by atoms with E-state index in [1.54, 1.807) is 23.1 Å². The molecule has 1 aliphatic rings. The number of nitrogens with one attached hydrogen (secondary N) is 1. The van der Waals surface area contributed by atoms with Crippen LogP contribution in [-0.2, 0) is 12.0 Å². The molecule has 0 aliphatic carbocycles. The third-order valence-electron chi connectivity index (χ3n) is 6.64. The fourth-order valence-electron chi connectivity index (χ4n) is 4.59. The van der Waals surface area contributed by atoms with Crippen LogP contribution in [0, 0.1) is 0 Å². The lowest BCUT2D eigenvalue weighted by Crippen LogP contribution is -2.54. The molecule has 0 spiro atoms. The molecule has 39 heavy (non-hydrogen) atoms. The molecule has 0 saturated carbocycles. The maximum Gasteiger partial charge on any atom is 0.461 e. The van der Waals surface area contributed by atoms with E-state index in [4.69, 9.17) is 11.6 Å². The number of pyridine rings is 1. The number of alkyl halides is 4. The second kappa shape index (κ2) is 12.2. The summed E-state index contributed by atoms with van der Waals surface area (Å²) in [6, 6.07) is 17.5. The summed E-state index contributed by atoms with van der Waals surface area (Å²) in [5.74, 6) is -0.477. The van der Waals surface area contributed by atoms with E-state index in [9.17, 15) is 22.4 Å². The van der Waals surface area contributed by atoms with Crippen molar-refractivity contribution in [2.24, 2.45) is 0 Å². The maximum atomic E-state index is 13.8. The second-order valence-electron chi connectivity index (χ2n) is 9.50. The average molecular weight is 565 g/mol. The van der Waals surface area contributed by atoms with Crippen molar-refractivity contribution in [1.29, 1.82) is 0 Å². The summed E-state index contributed by atoms with van der Waals surface area (Å²) in [6.45, 7) is 2.54. The van der Waals surface area contributed by atoms with Crippen molar-refractivity contribution >= 4 is 17.6 Å². The van der Waals surface area contributed by atoms with E-state index >= 15 is 0 Å². The summed E-state index contributed by atoms with van der Waals surface area (Å²) < 4.78 is 57.8. The van der Waals surface area contributed by atoms with Crippen LogP contribution in [0.25, 0.3) is 0 Å². The summed E-state index contributed by atoms with van der Waals surface area (Å²) in [7, 11) is 1.99. The number of likely N-dealkylation sites (N-methyl/N-ethyl adjacent to an activating group) is 1. The van der Waals surface area contributed by atoms with Gasteiger partial charge in [0.15, 0.2) is 0 Å². The minimum Gasteiger partial charge on any atom is -0.428 e. The monoisotopic (exact) mass is 564 g/mol. The van der Waals surface area contributed by atoms with Crippen LogP contribution in [0.1, 0.15) is 23.2 Å². The lowest BCUT2D eigenvalue weighted by atomic mass is 9.80. The third kappa shape index (κ3) is 6.99. The van der Waals surface area contributed by atoms with Crippen LogP contribution >= 0.6 is 11.6 Å². The Morgan fingerprint density at radius 1 is 1.05 bits per heavy atom. The first-order chi connectivity index (χ1) is 18.6. The quantitative estimate of drug-likeness (QED) is 0.351. The Bertz CT molecular complexity index is 1250. The predicted octanol–water partition coefficient (Wildman–Crippen LogP) is 5.81. The van der Waals surface area contributed by atoms with Gasteiger partial charge in [-0.05, 0) is 55.4 Å². The van der Waals surface area contributed by atoms with Gasteiger partial charge in [0.2, 0.25) is 0 Å². The first kappa shape index (κ1) is 28.6. The summed E-state index contributed by atoms with van der Waals surface area (Å²) >= 11 is 6.12. The van der Waals surface area contributed by atoms with Crippen LogP contribution in [0.4, 0.5) is 22.4 Å². The molecule has 2 heterocycles. The van der Waals surface area contributed by atoms with E-state index in [2.05, 4.69) is 19.9 Å². The highest BCUT2D eigenvalue weighted by molar-refractivity contribution is 6.30. The van der Waals surface area contributed by atoms with Gasteiger partial charge >= 0.3 is 18.6 Å². The van der Waals surface area contributed by atoms with Gasteiger partial charge in [0.25, 0.3) is 0 Å². The van der Waals surface area contributed by atoms with Crippen LogP contribution in [0.15, 0.2) is 72.9 Å². The SMILES string of the molecule is CN1CCCN(C(=O)NC(Cc2ccccc2)(c2cccc(OC(F)(F)C(F)F)c2)c2ccc(Cl)cn2)CC1. The highest BCUT2D eigenvalue weighted by Crippen LogP contribution is 2.36. The number of amides is 2. The van der Waals surface area contributed by atoms with E-state index in [1.165, 1.54) is 18.3 Å². The predicted molar refractivity (Wildman–Crippen MR) is 140 cm³/mol. The zero-order chi connectivity index (χ0) is 28.0. The largest absolute Gasteiger partial charge is 0.461 e. The van der Waals surface area contributed by atoms with Crippen LogP contribution < -0.4 is 10.1 Å². The Morgan fingerprint density at radius 2 is 1.82 bits per heavy atom. The number of halogens is 5. The molecule has 1 unspecified atom stereocenters. The Kier molecular flexibility index (Phi) is 8.97. The molecular formula is C28H29ClF4N4O2. The van der Waals surface area contributed by atoms with E-state index in [1.807, 2.05) is 37.4 Å². The Morgan fingerprint density at radius 3 is 2.51 bits per heavy atom. The second-order valence-corrected chi connectivity index (χ2v) is 9.93. The van der Waals surface area contributed by atoms with Gasteiger partial charge in [-0.15, -0.1) is 0 Å². The highest BCUT2D eigenvalue weighted by atomic mass is 35.5. The van der Waals surface area contributed by atoms with Crippen molar-refractivity contribution in [2.75, 3.05) is 33.2 Å². The van der Waals surface area contributed by atoms with Gasteiger partial charge in [-0.2, -0.15) is 17.6 Å². The molecule has 1 fully saturated rings. The van der Waals surface area contributed by atoms with E-state index in [0.717, 1.165) is 24.6 Å². The van der Waals surface area contributed by atoms with Crippen molar-refractivity contribution in [3.8, 4) is 5.75 Å². The molecule has 1 saturated heterocycles. The van der Waals surface area contributed by atoms with Crippen molar-refractivity contribution in [1.82, 2.24) is 20.1 Å². The summed E-state index contributed by atoms with van der Waals surface area (Å²) in [6.07, 6.45) is -6.33. The van der Waals surface area contributed by atoms with Gasteiger partial charge in [0.1, 0.15) is 11.3 Å². The molecule has 0 bridgehead atoms. The normalized spacial score (nSPS) is 16.4. The van der Waals surface area contributed by atoms with Gasteiger partial charge in [-0.3, -0.25) is 4.98 Å². The van der Waals surface area contributed by atoms with Crippen molar-refractivity contribution in [3.63, 3.8) is 0 Å². The molecule has 2 amide bonds. The third-order valence-corrected chi connectivity index (χ3v) is 6.86. The lowest BCUT2D eigenvalue weighted by molar-refractivity contribution is -0.253. The average Bonchev–Trinajstić information content (AvgIpc) is 3.13. The van der Waals surface area contributed by atoms with Crippen LogP contribution in [0.2, 0.25) is 5.02 Å². The summed E-state index contributed by atoms with van der Waals surface area (Å²) in [4.78, 5) is 22.1. The Balaban J connectivity index is 1.83. The topological polar surface area (TPSA) is 57.7 Å². The molecule has 1 aromatic heterocycles. The molecule has 4 rings (SSSR count). The molecule has 3 aromatic rings. The number of urea groups is 1. The number of rotatable bonds is 8. The van der Waals surface area contributed by atoms with Crippen molar-refractivity contribution in [3.05, 3.63) is 94.8 Å². The number of aromatic nitrogens is 1. The minimum absolute atomic E-state index is 0.177. The summed E-state index contributed by atoms with van der Waals surface area (Å²) in [5.41, 5.74) is 0.132. The Labute approximate surface area is 229 Å². The molecule has 2 aromatic carbocycles. The van der Waals surface area contributed by atoms with Crippen LogP contribution in [0.3, 0.4) is 0 Å². The number of carbonyl (C=O) groups is 1. The number of hydrogen-bond donors (Lipinski definition) is 1. The molecule has 208 valence electrons. The van der Waals surface area contributed by atoms with Crippen LogP contribution in [-0.4, -0.2) is 66.6 Å². The first-order valence-corrected chi connectivity index (χ1v) is 12.8. The molecule has 1 aliphatic heterocycles. The fraction of sp³-hybridized carbons (Fsp3) is 0.357. The zero-order valence-electron chi connectivity index (χ0n) is 21.3. The molecule has 6 nitrogen and oxygen atoms in total. The van der Waals surface area contributed by atoms with Gasteiger partial charge in [-0.25, -0.2) is 4.79 Å². The van der Waals surface area contributed by atoms with Gasteiger partial charge in [0.05, 0.1) is 10.7 Å². The first-order valence-electron chi connectivity index (χ1n) is 12.5. The number of benzene rings is 2. The fourth-order valence-corrected chi connectivity index (χ4v) is 4.70. The van der Waals surface area contributed by atoms with E-state index < -0.39 is 23.8 Å². The maximum absolute atomic E-state index is 13.8. The van der Waals surface area contributed by atoms with Gasteiger partial charge < -0.3 is 19.9 Å². The number of hydrogen-bond acceptors (Lipinski definition) is 4. The smallest absolute Gasteiger partial charge is 0.428 e. The number of carbonyl (C=O) groups excluding carboxylic acids is 1. The standard InChI is InChI=1S/C28H29ClF4N4O2/c1-36-13-6-14-37(16-15-36)26(38)35-27(18-20-7-3-2-4-8-20,24-12-11-22(29)19-34-24)21-9-5-10-23(17-21)39-28(32,33)25(30)31/h2-5,7-12,17,19,25H,6,13-16,18H2,1H3,(H,35,38). The Hall–Kier alpha value is -3.37. The number of ether oxygens (including phenoxy) is 1. The highest BCUT2D eigenvalue weighted by Gasteiger charge is 2.45. The zero-order valence-corrected chi connectivity index (χ0v) is 22.1. The molecule has 1 N–H and O–H groups in total. The van der Waals surface area contributed by atoms with E-state index in [-0.39, 0.29) is 12.5 Å². The van der Waals surface area contributed by atoms with E-state index in [0.29, 0.717) is 35.9 Å². The van der Waals surface area contributed by atoms with Gasteiger partial charge in [0, 0.05) is 32.3 Å². The molecule has 1 atom stereocenters. The summed E-state index contributed by atoms with van der Waals surface area (Å²) in [5, 5.41) is 3.49. The molecule has 0 radical (unpaired) electrons. The lowest BCUT2D eigenvalue weighted by Gasteiger charge is -2.37. The number of nitrogens with zero attached hydrogens (tertiary/aromatic N) is 3.